The number of benzene rings is 3. The number of piperidine rings is 1. The van der Waals surface area contributed by atoms with E-state index < -0.39 is 20.7 Å². The van der Waals surface area contributed by atoms with Crippen molar-refractivity contribution in [1.29, 1.82) is 0 Å². The molecule has 2 aliphatic heterocycles. The zero-order valence-electron chi connectivity index (χ0n) is 17.4. The molecule has 166 valence electrons. The number of hydrogen-bond acceptors (Lipinski definition) is 4. The summed E-state index contributed by atoms with van der Waals surface area (Å²) in [6, 6.07) is 18.6. The highest BCUT2D eigenvalue weighted by Gasteiger charge is 2.48. The molecule has 2 aliphatic rings. The third kappa shape index (κ3) is 3.60. The summed E-state index contributed by atoms with van der Waals surface area (Å²) >= 11 is 1.70. The van der Waals surface area contributed by atoms with E-state index >= 15 is 0 Å². The molecule has 5 nitrogen and oxygen atoms in total. The maximum absolute atomic E-state index is 13.7. The lowest BCUT2D eigenvalue weighted by Gasteiger charge is -2.43. The van der Waals surface area contributed by atoms with Crippen molar-refractivity contribution in [3.63, 3.8) is 0 Å². The molecule has 1 spiro atoms. The molecule has 2 saturated heterocycles. The first-order valence-corrected chi connectivity index (χ1v) is 13.0. The molecule has 2 heterocycles. The summed E-state index contributed by atoms with van der Waals surface area (Å²) in [5, 5.41) is 1.61. The summed E-state index contributed by atoms with van der Waals surface area (Å²) in [7, 11) is -3.66. The van der Waals surface area contributed by atoms with Crippen LogP contribution in [-0.4, -0.2) is 53.8 Å². The van der Waals surface area contributed by atoms with Crippen LogP contribution in [0.15, 0.2) is 71.6 Å². The molecule has 1 amide bonds. The summed E-state index contributed by atoms with van der Waals surface area (Å²) < 4.78 is 42.1. The van der Waals surface area contributed by atoms with Crippen molar-refractivity contribution in [3.8, 4) is 0 Å². The highest BCUT2D eigenvalue weighted by atomic mass is 32.2. The maximum Gasteiger partial charge on any atom is 0.255 e. The number of nitrogens with zero attached hydrogens (tertiary/aromatic N) is 2. The van der Waals surface area contributed by atoms with Gasteiger partial charge in [-0.1, -0.05) is 42.5 Å². The molecular formula is C24H23FN2O3S2. The van der Waals surface area contributed by atoms with E-state index in [1.54, 1.807) is 30.0 Å². The Bertz CT molecular complexity index is 1280. The Balaban J connectivity index is 1.38. The van der Waals surface area contributed by atoms with E-state index in [2.05, 4.69) is 0 Å². The molecule has 0 bridgehead atoms. The average Bonchev–Trinajstić information content (AvgIpc) is 3.21. The van der Waals surface area contributed by atoms with Gasteiger partial charge >= 0.3 is 0 Å². The van der Waals surface area contributed by atoms with E-state index in [-0.39, 0.29) is 5.91 Å². The smallest absolute Gasteiger partial charge is 0.255 e. The molecule has 5 rings (SSSR count). The minimum absolute atomic E-state index is 0.195. The Labute approximate surface area is 191 Å². The van der Waals surface area contributed by atoms with E-state index in [4.69, 9.17) is 0 Å². The zero-order chi connectivity index (χ0) is 22.3. The molecule has 0 aromatic heterocycles. The number of carbonyl (C=O) groups is 1. The molecular weight excluding hydrogens is 447 g/mol. The van der Waals surface area contributed by atoms with Gasteiger partial charge in [0.2, 0.25) is 10.0 Å². The van der Waals surface area contributed by atoms with Crippen LogP contribution in [0.3, 0.4) is 0 Å². The minimum atomic E-state index is -3.66. The number of fused-ring (bicyclic) bond motifs is 1. The Hall–Kier alpha value is -2.42. The van der Waals surface area contributed by atoms with Crippen LogP contribution in [0.25, 0.3) is 10.8 Å². The fourth-order valence-electron chi connectivity index (χ4n) is 4.72. The maximum atomic E-state index is 13.7. The first-order chi connectivity index (χ1) is 15.4. The minimum Gasteiger partial charge on any atom is -0.323 e. The molecule has 0 N–H and O–H groups in total. The summed E-state index contributed by atoms with van der Waals surface area (Å²) in [5.74, 6) is 0.157. The Morgan fingerprint density at radius 3 is 2.44 bits per heavy atom. The van der Waals surface area contributed by atoms with Gasteiger partial charge in [0.15, 0.2) is 0 Å². The number of thioether (sulfide) groups is 1. The highest BCUT2D eigenvalue weighted by Crippen LogP contribution is 2.45. The van der Waals surface area contributed by atoms with Crippen molar-refractivity contribution in [1.82, 2.24) is 9.21 Å². The zero-order valence-corrected chi connectivity index (χ0v) is 19.0. The monoisotopic (exact) mass is 470 g/mol. The first kappa shape index (κ1) is 21.4. The Kier molecular flexibility index (Phi) is 5.47. The molecule has 0 aliphatic carbocycles. The molecule has 0 radical (unpaired) electrons. The van der Waals surface area contributed by atoms with Crippen LogP contribution < -0.4 is 0 Å². The van der Waals surface area contributed by atoms with Gasteiger partial charge in [0, 0.05) is 36.3 Å². The van der Waals surface area contributed by atoms with E-state index in [1.807, 2.05) is 35.2 Å². The van der Waals surface area contributed by atoms with Crippen LogP contribution in [0.4, 0.5) is 4.39 Å². The molecule has 2 fully saturated rings. The molecule has 8 heteroatoms. The Morgan fingerprint density at radius 2 is 1.66 bits per heavy atom. The van der Waals surface area contributed by atoms with Gasteiger partial charge in [-0.3, -0.25) is 4.79 Å². The van der Waals surface area contributed by atoms with Gasteiger partial charge < -0.3 is 4.90 Å². The summed E-state index contributed by atoms with van der Waals surface area (Å²) in [4.78, 5) is 14.8. The van der Waals surface area contributed by atoms with Crippen LogP contribution in [-0.2, 0) is 10.0 Å². The van der Waals surface area contributed by atoms with Crippen molar-refractivity contribution in [2.75, 3.05) is 25.4 Å². The molecule has 32 heavy (non-hydrogen) atoms. The van der Waals surface area contributed by atoms with Crippen LogP contribution >= 0.6 is 11.8 Å². The average molecular weight is 471 g/mol. The number of sulfonamides is 1. The van der Waals surface area contributed by atoms with Crippen molar-refractivity contribution < 1.29 is 17.6 Å². The van der Waals surface area contributed by atoms with E-state index in [0.717, 1.165) is 11.1 Å². The lowest BCUT2D eigenvalue weighted by molar-refractivity contribution is 0.0605. The second kappa shape index (κ2) is 8.17. The van der Waals surface area contributed by atoms with Crippen molar-refractivity contribution >= 4 is 38.5 Å². The van der Waals surface area contributed by atoms with Gasteiger partial charge in [-0.25, -0.2) is 12.8 Å². The first-order valence-electron chi connectivity index (χ1n) is 10.6. The number of amides is 1. The quantitative estimate of drug-likeness (QED) is 0.571. The largest absolute Gasteiger partial charge is 0.323 e. The molecule has 0 unspecified atom stereocenters. The molecule has 3 aromatic carbocycles. The van der Waals surface area contributed by atoms with Crippen LogP contribution in [0.1, 0.15) is 23.2 Å². The van der Waals surface area contributed by atoms with E-state index in [0.29, 0.717) is 48.3 Å². The molecule has 0 atom stereocenters. The standard InChI is InChI=1S/C24H23FN2O3S2/c25-20-8-3-7-19(17-20)23(28)27-15-16-31-24(27)11-13-26(14-12-24)32(29,30)22-10-4-6-18-5-1-2-9-21(18)22/h1-10,17H,11-16H2. The summed E-state index contributed by atoms with van der Waals surface area (Å²) in [6.45, 7) is 1.26. The SMILES string of the molecule is O=C(c1cccc(F)c1)N1CCSC12CCN(S(=O)(=O)c1cccc3ccccc13)CC2. The topological polar surface area (TPSA) is 57.7 Å². The van der Waals surface area contributed by atoms with E-state index in [9.17, 15) is 17.6 Å². The number of rotatable bonds is 3. The van der Waals surface area contributed by atoms with Crippen LogP contribution in [0.5, 0.6) is 0 Å². The van der Waals surface area contributed by atoms with Gasteiger partial charge in [0.1, 0.15) is 5.82 Å². The Morgan fingerprint density at radius 1 is 0.938 bits per heavy atom. The fraction of sp³-hybridized carbons (Fsp3) is 0.292. The predicted octanol–water partition coefficient (Wildman–Crippen LogP) is 4.35. The third-order valence-corrected chi connectivity index (χ3v) is 9.87. The number of halogens is 1. The lowest BCUT2D eigenvalue weighted by Crippen LogP contribution is -2.53. The molecule has 3 aromatic rings. The van der Waals surface area contributed by atoms with Gasteiger partial charge in [-0.2, -0.15) is 4.31 Å². The van der Waals surface area contributed by atoms with Crippen molar-refractivity contribution in [2.24, 2.45) is 0 Å². The van der Waals surface area contributed by atoms with Gasteiger partial charge in [0.05, 0.1) is 9.77 Å². The van der Waals surface area contributed by atoms with Crippen LogP contribution in [0, 0.1) is 5.82 Å². The van der Waals surface area contributed by atoms with E-state index in [1.165, 1.54) is 22.5 Å². The fourth-order valence-corrected chi connectivity index (χ4v) is 7.83. The van der Waals surface area contributed by atoms with Gasteiger partial charge in [-0.05, 0) is 42.5 Å². The van der Waals surface area contributed by atoms with Crippen molar-refractivity contribution in [3.05, 3.63) is 78.1 Å². The number of hydrogen-bond donors (Lipinski definition) is 0. The lowest BCUT2D eigenvalue weighted by atomic mass is 10.0. The summed E-state index contributed by atoms with van der Waals surface area (Å²) in [5.41, 5.74) is 0.331. The van der Waals surface area contributed by atoms with Crippen molar-refractivity contribution in [2.45, 2.75) is 22.6 Å². The number of carbonyl (C=O) groups excluding carboxylic acids is 1. The predicted molar refractivity (Wildman–Crippen MR) is 125 cm³/mol. The van der Waals surface area contributed by atoms with Gasteiger partial charge in [-0.15, -0.1) is 11.8 Å². The summed E-state index contributed by atoms with van der Waals surface area (Å²) in [6.07, 6.45) is 1.09. The normalized spacial score (nSPS) is 19.0. The second-order valence-corrected chi connectivity index (χ2v) is 11.5. The highest BCUT2D eigenvalue weighted by molar-refractivity contribution is 8.00. The second-order valence-electron chi connectivity index (χ2n) is 8.14. The van der Waals surface area contributed by atoms with Gasteiger partial charge in [0.25, 0.3) is 5.91 Å². The third-order valence-electron chi connectivity index (χ3n) is 6.37. The van der Waals surface area contributed by atoms with Crippen LogP contribution in [0.2, 0.25) is 0 Å². The molecule has 0 saturated carbocycles.